The fourth-order valence-electron chi connectivity index (χ4n) is 0.860. The van der Waals surface area contributed by atoms with Gasteiger partial charge in [0.05, 0.1) is 6.61 Å². The summed E-state index contributed by atoms with van der Waals surface area (Å²) >= 11 is 0. The van der Waals surface area contributed by atoms with E-state index in [1.807, 2.05) is 20.8 Å². The highest BCUT2D eigenvalue weighted by atomic mass is 16.5. The molecule has 0 unspecified atom stereocenters. The van der Waals surface area contributed by atoms with Crippen LogP contribution in [-0.2, 0) is 9.53 Å². The van der Waals surface area contributed by atoms with Crippen molar-refractivity contribution in [1.29, 1.82) is 5.26 Å². The van der Waals surface area contributed by atoms with E-state index in [2.05, 4.69) is 15.4 Å². The molecule has 0 saturated heterocycles. The number of ether oxygens (including phenoxy) is 1. The van der Waals surface area contributed by atoms with Crippen LogP contribution in [-0.4, -0.2) is 24.1 Å². The highest BCUT2D eigenvalue weighted by molar-refractivity contribution is 5.93. The molecule has 0 aliphatic heterocycles. The molecule has 6 nitrogen and oxygen atoms in total. The first-order chi connectivity index (χ1) is 7.80. The SMILES string of the molecule is CCOC(=O)/C(C#N)=C\NC(=O)NC(C)(C)C. The summed E-state index contributed by atoms with van der Waals surface area (Å²) in [6, 6.07) is 1.16. The maximum absolute atomic E-state index is 11.3. The molecule has 0 rings (SSSR count). The van der Waals surface area contributed by atoms with Crippen LogP contribution in [0.5, 0.6) is 0 Å². The fraction of sp³-hybridized carbons (Fsp3) is 0.545. The van der Waals surface area contributed by atoms with Gasteiger partial charge in [-0.05, 0) is 27.7 Å². The summed E-state index contributed by atoms with van der Waals surface area (Å²) < 4.78 is 4.63. The van der Waals surface area contributed by atoms with Crippen LogP contribution in [0.3, 0.4) is 0 Å². The lowest BCUT2D eigenvalue weighted by atomic mass is 10.1. The van der Waals surface area contributed by atoms with Gasteiger partial charge in [-0.3, -0.25) is 0 Å². The van der Waals surface area contributed by atoms with E-state index in [0.717, 1.165) is 6.20 Å². The molecule has 0 fully saturated rings. The van der Waals surface area contributed by atoms with Crippen molar-refractivity contribution in [3.63, 3.8) is 0 Å². The highest BCUT2D eigenvalue weighted by Crippen LogP contribution is 1.98. The van der Waals surface area contributed by atoms with E-state index in [9.17, 15) is 9.59 Å². The number of carbonyl (C=O) groups is 2. The fourth-order valence-corrected chi connectivity index (χ4v) is 0.860. The number of urea groups is 1. The minimum absolute atomic E-state index is 0.173. The van der Waals surface area contributed by atoms with Gasteiger partial charge < -0.3 is 15.4 Å². The summed E-state index contributed by atoms with van der Waals surface area (Å²) in [5.74, 6) is -0.758. The van der Waals surface area contributed by atoms with E-state index in [1.54, 1.807) is 13.0 Å². The van der Waals surface area contributed by atoms with Crippen LogP contribution in [0.2, 0.25) is 0 Å². The molecule has 17 heavy (non-hydrogen) atoms. The lowest BCUT2D eigenvalue weighted by Gasteiger charge is -2.19. The molecule has 0 aromatic rings. The number of rotatable bonds is 3. The van der Waals surface area contributed by atoms with Crippen molar-refractivity contribution < 1.29 is 14.3 Å². The number of nitrogens with zero attached hydrogens (tertiary/aromatic N) is 1. The Hall–Kier alpha value is -2.03. The van der Waals surface area contributed by atoms with Crippen molar-refractivity contribution in [1.82, 2.24) is 10.6 Å². The van der Waals surface area contributed by atoms with Crippen molar-refractivity contribution in [2.75, 3.05) is 6.61 Å². The molecule has 0 aromatic heterocycles. The minimum Gasteiger partial charge on any atom is -0.462 e. The van der Waals surface area contributed by atoms with Crippen LogP contribution < -0.4 is 10.6 Å². The smallest absolute Gasteiger partial charge is 0.350 e. The molecule has 2 N–H and O–H groups in total. The van der Waals surface area contributed by atoms with E-state index in [-0.39, 0.29) is 12.2 Å². The number of amides is 2. The van der Waals surface area contributed by atoms with Gasteiger partial charge in [0.2, 0.25) is 0 Å². The van der Waals surface area contributed by atoms with Crippen molar-refractivity contribution in [2.45, 2.75) is 33.2 Å². The zero-order valence-corrected chi connectivity index (χ0v) is 10.5. The van der Waals surface area contributed by atoms with Crippen molar-refractivity contribution in [3.8, 4) is 6.07 Å². The Morgan fingerprint density at radius 2 is 2.00 bits per heavy atom. The molecule has 0 saturated carbocycles. The van der Waals surface area contributed by atoms with E-state index in [0.29, 0.717) is 0 Å². The van der Waals surface area contributed by atoms with Crippen molar-refractivity contribution in [3.05, 3.63) is 11.8 Å². The van der Waals surface area contributed by atoms with Gasteiger partial charge in [-0.2, -0.15) is 5.26 Å². The first-order valence-electron chi connectivity index (χ1n) is 5.16. The molecule has 0 spiro atoms. The average molecular weight is 239 g/mol. The van der Waals surface area contributed by atoms with Gasteiger partial charge in [0.25, 0.3) is 0 Å². The van der Waals surface area contributed by atoms with Gasteiger partial charge in [0, 0.05) is 11.7 Å². The molecule has 0 aliphatic carbocycles. The molecule has 94 valence electrons. The Balaban J connectivity index is 4.44. The quantitative estimate of drug-likeness (QED) is 0.437. The minimum atomic E-state index is -0.758. The number of esters is 1. The van der Waals surface area contributed by atoms with Crippen LogP contribution in [0.1, 0.15) is 27.7 Å². The second-order valence-corrected chi connectivity index (χ2v) is 4.24. The standard InChI is InChI=1S/C11H17N3O3/c1-5-17-9(15)8(6-12)7-13-10(16)14-11(2,3)4/h7H,5H2,1-4H3,(H2,13,14,16)/b8-7-. The number of nitriles is 1. The first-order valence-corrected chi connectivity index (χ1v) is 5.16. The zero-order valence-electron chi connectivity index (χ0n) is 10.5. The average Bonchev–Trinajstić information content (AvgIpc) is 2.16. The summed E-state index contributed by atoms with van der Waals surface area (Å²) in [5, 5.41) is 13.6. The van der Waals surface area contributed by atoms with Gasteiger partial charge in [0.15, 0.2) is 5.57 Å². The lowest BCUT2D eigenvalue weighted by Crippen LogP contribution is -2.45. The molecule has 0 bridgehead atoms. The van der Waals surface area contributed by atoms with Crippen LogP contribution >= 0.6 is 0 Å². The van der Waals surface area contributed by atoms with Crippen LogP contribution in [0.15, 0.2) is 11.8 Å². The number of nitrogens with one attached hydrogen (secondary N) is 2. The molecule has 0 heterocycles. The monoisotopic (exact) mass is 239 g/mol. The Morgan fingerprint density at radius 3 is 2.41 bits per heavy atom. The zero-order chi connectivity index (χ0) is 13.5. The van der Waals surface area contributed by atoms with Gasteiger partial charge in [-0.15, -0.1) is 0 Å². The Kier molecular flexibility index (Phi) is 5.75. The van der Waals surface area contributed by atoms with Gasteiger partial charge in [-0.1, -0.05) is 0 Å². The number of carbonyl (C=O) groups excluding carboxylic acids is 2. The van der Waals surface area contributed by atoms with Crippen molar-refractivity contribution >= 4 is 12.0 Å². The molecule has 2 amide bonds. The first kappa shape index (κ1) is 15.0. The Labute approximate surface area is 101 Å². The van der Waals surface area contributed by atoms with Gasteiger partial charge >= 0.3 is 12.0 Å². The molecular weight excluding hydrogens is 222 g/mol. The Bertz CT molecular complexity index is 361. The third-order valence-corrected chi connectivity index (χ3v) is 1.45. The topological polar surface area (TPSA) is 91.2 Å². The van der Waals surface area contributed by atoms with E-state index in [4.69, 9.17) is 5.26 Å². The molecule has 6 heteroatoms. The number of hydrogen-bond donors (Lipinski definition) is 2. The largest absolute Gasteiger partial charge is 0.462 e. The maximum Gasteiger partial charge on any atom is 0.350 e. The third-order valence-electron chi connectivity index (χ3n) is 1.45. The molecule has 0 radical (unpaired) electrons. The van der Waals surface area contributed by atoms with Crippen molar-refractivity contribution in [2.24, 2.45) is 0 Å². The summed E-state index contributed by atoms with van der Waals surface area (Å²) in [7, 11) is 0. The normalized spacial score (nSPS) is 11.4. The number of hydrogen-bond acceptors (Lipinski definition) is 4. The predicted molar refractivity (Wildman–Crippen MR) is 61.7 cm³/mol. The van der Waals surface area contributed by atoms with Gasteiger partial charge in [0.1, 0.15) is 6.07 Å². The molecule has 0 atom stereocenters. The summed E-state index contributed by atoms with van der Waals surface area (Å²) in [6.07, 6.45) is 1.03. The van der Waals surface area contributed by atoms with Crippen LogP contribution in [0.25, 0.3) is 0 Å². The Morgan fingerprint density at radius 1 is 1.41 bits per heavy atom. The summed E-state index contributed by atoms with van der Waals surface area (Å²) in [5.41, 5.74) is -0.648. The van der Waals surface area contributed by atoms with Crippen LogP contribution in [0.4, 0.5) is 4.79 Å². The van der Waals surface area contributed by atoms with E-state index < -0.39 is 17.5 Å². The molecule has 0 aliphatic rings. The van der Waals surface area contributed by atoms with Crippen LogP contribution in [0, 0.1) is 11.3 Å². The maximum atomic E-state index is 11.3. The summed E-state index contributed by atoms with van der Waals surface area (Å²) in [4.78, 5) is 22.5. The summed E-state index contributed by atoms with van der Waals surface area (Å²) in [6.45, 7) is 7.24. The third kappa shape index (κ3) is 6.95. The lowest BCUT2D eigenvalue weighted by molar-refractivity contribution is -0.138. The highest BCUT2D eigenvalue weighted by Gasteiger charge is 2.14. The molecule has 0 aromatic carbocycles. The molecular formula is C11H17N3O3. The second kappa shape index (κ2) is 6.53. The van der Waals surface area contributed by atoms with E-state index >= 15 is 0 Å². The predicted octanol–water partition coefficient (Wildman–Crippen LogP) is 1.05. The van der Waals surface area contributed by atoms with E-state index in [1.165, 1.54) is 0 Å². The second-order valence-electron chi connectivity index (χ2n) is 4.24. The van der Waals surface area contributed by atoms with Gasteiger partial charge in [-0.25, -0.2) is 9.59 Å².